The molecular formula is C11H13BrF3N. The van der Waals surface area contributed by atoms with E-state index in [0.717, 1.165) is 36.0 Å². The molecule has 1 rings (SSSR count). The van der Waals surface area contributed by atoms with Crippen molar-refractivity contribution in [3.63, 3.8) is 0 Å². The summed E-state index contributed by atoms with van der Waals surface area (Å²) < 4.78 is 36.8. The number of hydrogen-bond donors (Lipinski definition) is 1. The Hall–Kier alpha value is -0.550. The van der Waals surface area contributed by atoms with E-state index in [2.05, 4.69) is 21.2 Å². The van der Waals surface area contributed by atoms with Crippen LogP contribution in [0.15, 0.2) is 24.3 Å². The molecule has 1 nitrogen and oxygen atoms in total. The van der Waals surface area contributed by atoms with Crippen molar-refractivity contribution in [3.05, 3.63) is 35.4 Å². The van der Waals surface area contributed by atoms with Crippen molar-refractivity contribution < 1.29 is 13.2 Å². The van der Waals surface area contributed by atoms with Crippen LogP contribution in [0.2, 0.25) is 0 Å². The summed E-state index contributed by atoms with van der Waals surface area (Å²) in [6, 6.07) is 5.23. The minimum absolute atomic E-state index is 0.600. The summed E-state index contributed by atoms with van der Waals surface area (Å²) in [7, 11) is 0. The molecule has 1 aromatic carbocycles. The number of nitrogens with one attached hydrogen (secondary N) is 1. The van der Waals surface area contributed by atoms with Gasteiger partial charge in [0.2, 0.25) is 0 Å². The van der Waals surface area contributed by atoms with Gasteiger partial charge in [0.05, 0.1) is 5.56 Å². The molecule has 0 aliphatic carbocycles. The molecule has 1 aromatic rings. The fourth-order valence-electron chi connectivity index (χ4n) is 1.24. The lowest BCUT2D eigenvalue weighted by Gasteiger charge is -2.08. The Bertz CT molecular complexity index is 308. The van der Waals surface area contributed by atoms with E-state index in [1.165, 1.54) is 12.1 Å². The second kappa shape index (κ2) is 6.25. The highest BCUT2D eigenvalue weighted by Gasteiger charge is 2.29. The van der Waals surface area contributed by atoms with Gasteiger partial charge in [0.1, 0.15) is 0 Å². The van der Waals surface area contributed by atoms with E-state index in [1.807, 2.05) is 0 Å². The maximum Gasteiger partial charge on any atom is 0.416 e. The number of halogens is 4. The van der Waals surface area contributed by atoms with E-state index in [-0.39, 0.29) is 0 Å². The third kappa shape index (κ3) is 4.53. The van der Waals surface area contributed by atoms with Gasteiger partial charge in [0.15, 0.2) is 0 Å². The van der Waals surface area contributed by atoms with Crippen molar-refractivity contribution in [2.45, 2.75) is 19.1 Å². The molecule has 5 heteroatoms. The Balaban J connectivity index is 2.46. The zero-order chi connectivity index (χ0) is 12.0. The predicted molar refractivity (Wildman–Crippen MR) is 61.6 cm³/mol. The first-order chi connectivity index (χ1) is 7.54. The first-order valence-corrected chi connectivity index (χ1v) is 6.09. The smallest absolute Gasteiger partial charge is 0.313 e. The van der Waals surface area contributed by atoms with E-state index in [9.17, 15) is 13.2 Å². The van der Waals surface area contributed by atoms with Gasteiger partial charge in [-0.25, -0.2) is 0 Å². The number of hydrogen-bond acceptors (Lipinski definition) is 1. The average molecular weight is 296 g/mol. The summed E-state index contributed by atoms with van der Waals surface area (Å²) in [5, 5.41) is 4.07. The Labute approximate surface area is 101 Å². The van der Waals surface area contributed by atoms with Crippen LogP contribution in [0.3, 0.4) is 0 Å². The zero-order valence-electron chi connectivity index (χ0n) is 8.65. The molecule has 0 saturated carbocycles. The van der Waals surface area contributed by atoms with Crippen LogP contribution in [0.1, 0.15) is 17.5 Å². The van der Waals surface area contributed by atoms with Gasteiger partial charge in [0.25, 0.3) is 0 Å². The fraction of sp³-hybridized carbons (Fsp3) is 0.455. The van der Waals surface area contributed by atoms with Crippen LogP contribution in [-0.4, -0.2) is 11.9 Å². The molecule has 90 valence electrons. The van der Waals surface area contributed by atoms with Crippen molar-refractivity contribution in [2.75, 3.05) is 11.9 Å². The van der Waals surface area contributed by atoms with Crippen LogP contribution in [-0.2, 0) is 12.7 Å². The number of rotatable bonds is 5. The molecule has 0 aromatic heterocycles. The molecule has 16 heavy (non-hydrogen) atoms. The van der Waals surface area contributed by atoms with Gasteiger partial charge in [0, 0.05) is 11.9 Å². The van der Waals surface area contributed by atoms with Gasteiger partial charge in [-0.15, -0.1) is 0 Å². The lowest BCUT2D eigenvalue weighted by atomic mass is 10.1. The molecule has 0 fully saturated rings. The average Bonchev–Trinajstić information content (AvgIpc) is 2.24. The van der Waals surface area contributed by atoms with Crippen LogP contribution in [0, 0.1) is 0 Å². The highest BCUT2D eigenvalue weighted by Crippen LogP contribution is 2.28. The van der Waals surface area contributed by atoms with Crippen molar-refractivity contribution in [1.82, 2.24) is 5.32 Å². The Morgan fingerprint density at radius 1 is 1.12 bits per heavy atom. The normalized spacial score (nSPS) is 11.8. The standard InChI is InChI=1S/C11H13BrF3N/c12-6-1-7-16-8-9-2-4-10(5-3-9)11(13,14)15/h2-5,16H,1,6-8H2. The van der Waals surface area contributed by atoms with Crippen LogP contribution in [0.4, 0.5) is 13.2 Å². The molecule has 0 amide bonds. The number of alkyl halides is 4. The summed E-state index contributed by atoms with van der Waals surface area (Å²) in [6.07, 6.45) is -3.25. The fourth-order valence-corrected chi connectivity index (χ4v) is 1.52. The van der Waals surface area contributed by atoms with Gasteiger partial charge < -0.3 is 5.32 Å². The lowest BCUT2D eigenvalue weighted by molar-refractivity contribution is -0.137. The van der Waals surface area contributed by atoms with Crippen LogP contribution in [0.5, 0.6) is 0 Å². The molecule has 0 radical (unpaired) electrons. The second-order valence-electron chi connectivity index (χ2n) is 3.41. The summed E-state index contributed by atoms with van der Waals surface area (Å²) in [5.41, 5.74) is 0.263. The number of benzene rings is 1. The molecule has 0 heterocycles. The molecule has 0 aliphatic rings. The van der Waals surface area contributed by atoms with Crippen LogP contribution in [0.25, 0.3) is 0 Å². The maximum atomic E-state index is 12.3. The molecule has 0 aliphatic heterocycles. The first-order valence-electron chi connectivity index (χ1n) is 4.97. The van der Waals surface area contributed by atoms with Crippen LogP contribution < -0.4 is 5.32 Å². The highest BCUT2D eigenvalue weighted by atomic mass is 79.9. The Morgan fingerprint density at radius 3 is 2.25 bits per heavy atom. The summed E-state index contributed by atoms with van der Waals surface area (Å²) in [4.78, 5) is 0. The zero-order valence-corrected chi connectivity index (χ0v) is 10.2. The van der Waals surface area contributed by atoms with Gasteiger partial charge in [-0.1, -0.05) is 28.1 Å². The monoisotopic (exact) mass is 295 g/mol. The highest BCUT2D eigenvalue weighted by molar-refractivity contribution is 9.09. The van der Waals surface area contributed by atoms with Crippen molar-refractivity contribution in [1.29, 1.82) is 0 Å². The van der Waals surface area contributed by atoms with Gasteiger partial charge >= 0.3 is 6.18 Å². The van der Waals surface area contributed by atoms with E-state index in [0.29, 0.717) is 6.54 Å². The van der Waals surface area contributed by atoms with Gasteiger partial charge in [-0.3, -0.25) is 0 Å². The van der Waals surface area contributed by atoms with Crippen molar-refractivity contribution in [2.24, 2.45) is 0 Å². The second-order valence-corrected chi connectivity index (χ2v) is 4.21. The van der Waals surface area contributed by atoms with E-state index in [4.69, 9.17) is 0 Å². The predicted octanol–water partition coefficient (Wildman–Crippen LogP) is 3.58. The first kappa shape index (κ1) is 13.5. The van der Waals surface area contributed by atoms with Crippen molar-refractivity contribution >= 4 is 15.9 Å². The maximum absolute atomic E-state index is 12.3. The molecule has 0 bridgehead atoms. The topological polar surface area (TPSA) is 12.0 Å². The molecule has 0 unspecified atom stereocenters. The molecule has 0 saturated heterocycles. The minimum Gasteiger partial charge on any atom is -0.313 e. The summed E-state index contributed by atoms with van der Waals surface area (Å²) in [5.74, 6) is 0. The summed E-state index contributed by atoms with van der Waals surface area (Å²) in [6.45, 7) is 1.46. The summed E-state index contributed by atoms with van der Waals surface area (Å²) >= 11 is 3.30. The molecule has 1 N–H and O–H groups in total. The quantitative estimate of drug-likeness (QED) is 0.647. The third-order valence-electron chi connectivity index (χ3n) is 2.10. The Kier molecular flexibility index (Phi) is 5.28. The van der Waals surface area contributed by atoms with Gasteiger partial charge in [-0.05, 0) is 30.7 Å². The minimum atomic E-state index is -4.25. The molecule has 0 atom stereocenters. The van der Waals surface area contributed by atoms with E-state index < -0.39 is 11.7 Å². The SMILES string of the molecule is FC(F)(F)c1ccc(CNCCCBr)cc1. The molecular weight excluding hydrogens is 283 g/mol. The lowest BCUT2D eigenvalue weighted by Crippen LogP contribution is -2.15. The largest absolute Gasteiger partial charge is 0.416 e. The Morgan fingerprint density at radius 2 is 1.75 bits per heavy atom. The van der Waals surface area contributed by atoms with Crippen LogP contribution >= 0.6 is 15.9 Å². The third-order valence-corrected chi connectivity index (χ3v) is 2.66. The molecule has 0 spiro atoms. The van der Waals surface area contributed by atoms with Crippen molar-refractivity contribution in [3.8, 4) is 0 Å². The van der Waals surface area contributed by atoms with E-state index >= 15 is 0 Å². The van der Waals surface area contributed by atoms with E-state index in [1.54, 1.807) is 0 Å². The van der Waals surface area contributed by atoms with Gasteiger partial charge in [-0.2, -0.15) is 13.2 Å².